The van der Waals surface area contributed by atoms with Gasteiger partial charge in [-0.2, -0.15) is 0 Å². The second-order valence-electron chi connectivity index (χ2n) is 4.10. The standard InChI is InChI=1S/C13H15N5O/c1-18(9-10-3-2-6-15-7-10)11-4-5-12(16-8-11)13(14)17-19/h2-8,19H,9H2,1H3,(H2,14,17). The normalized spacial score (nSPS) is 11.3. The van der Waals surface area contributed by atoms with E-state index in [0.717, 1.165) is 17.8 Å². The third kappa shape index (κ3) is 3.19. The van der Waals surface area contributed by atoms with E-state index in [1.807, 2.05) is 36.3 Å². The summed E-state index contributed by atoms with van der Waals surface area (Å²) in [5.41, 5.74) is 7.96. The number of nitrogens with zero attached hydrogens (tertiary/aromatic N) is 4. The highest BCUT2D eigenvalue weighted by Crippen LogP contribution is 2.14. The first-order valence-corrected chi connectivity index (χ1v) is 5.74. The first kappa shape index (κ1) is 12.8. The van der Waals surface area contributed by atoms with Gasteiger partial charge < -0.3 is 15.8 Å². The van der Waals surface area contributed by atoms with E-state index in [2.05, 4.69) is 15.1 Å². The number of rotatable bonds is 4. The summed E-state index contributed by atoms with van der Waals surface area (Å²) in [6, 6.07) is 7.51. The van der Waals surface area contributed by atoms with E-state index in [4.69, 9.17) is 10.9 Å². The maximum absolute atomic E-state index is 8.57. The van der Waals surface area contributed by atoms with Crippen LogP contribution in [-0.2, 0) is 6.54 Å². The lowest BCUT2D eigenvalue weighted by Crippen LogP contribution is -2.18. The van der Waals surface area contributed by atoms with Gasteiger partial charge in [-0.3, -0.25) is 9.97 Å². The second kappa shape index (κ2) is 5.81. The average molecular weight is 257 g/mol. The number of amidine groups is 1. The summed E-state index contributed by atoms with van der Waals surface area (Å²) in [5, 5.41) is 11.5. The molecular weight excluding hydrogens is 242 g/mol. The lowest BCUT2D eigenvalue weighted by molar-refractivity contribution is 0.318. The first-order chi connectivity index (χ1) is 9.20. The molecule has 6 nitrogen and oxygen atoms in total. The fourth-order valence-corrected chi connectivity index (χ4v) is 1.67. The van der Waals surface area contributed by atoms with Crippen LogP contribution >= 0.6 is 0 Å². The molecule has 0 saturated carbocycles. The van der Waals surface area contributed by atoms with Gasteiger partial charge in [0.2, 0.25) is 0 Å². The minimum Gasteiger partial charge on any atom is -0.409 e. The Hall–Kier alpha value is -2.63. The van der Waals surface area contributed by atoms with Crippen LogP contribution in [0.15, 0.2) is 48.0 Å². The van der Waals surface area contributed by atoms with Crippen LogP contribution in [0.1, 0.15) is 11.3 Å². The van der Waals surface area contributed by atoms with Crippen molar-refractivity contribution in [2.75, 3.05) is 11.9 Å². The molecule has 2 rings (SSSR count). The van der Waals surface area contributed by atoms with Gasteiger partial charge in [-0.15, -0.1) is 0 Å². The highest BCUT2D eigenvalue weighted by Gasteiger charge is 2.05. The molecule has 0 aliphatic carbocycles. The van der Waals surface area contributed by atoms with Gasteiger partial charge in [0.15, 0.2) is 5.84 Å². The summed E-state index contributed by atoms with van der Waals surface area (Å²) in [5.74, 6) is 0.00135. The van der Waals surface area contributed by atoms with Crippen LogP contribution in [0.25, 0.3) is 0 Å². The molecule has 2 aromatic heterocycles. The molecule has 3 N–H and O–H groups in total. The smallest absolute Gasteiger partial charge is 0.188 e. The van der Waals surface area contributed by atoms with Crippen molar-refractivity contribution in [2.45, 2.75) is 6.54 Å². The zero-order valence-corrected chi connectivity index (χ0v) is 10.6. The molecule has 2 aromatic rings. The maximum Gasteiger partial charge on any atom is 0.188 e. The SMILES string of the molecule is CN(Cc1cccnc1)c1ccc(/C(N)=N/O)nc1. The van der Waals surface area contributed by atoms with Crippen molar-refractivity contribution >= 4 is 11.5 Å². The van der Waals surface area contributed by atoms with E-state index in [1.165, 1.54) is 0 Å². The van der Waals surface area contributed by atoms with Crippen molar-refractivity contribution in [3.05, 3.63) is 54.1 Å². The highest BCUT2D eigenvalue weighted by molar-refractivity contribution is 5.95. The minimum absolute atomic E-state index is 0.00135. The Morgan fingerprint density at radius 3 is 2.79 bits per heavy atom. The zero-order valence-electron chi connectivity index (χ0n) is 10.6. The average Bonchev–Trinajstić information content (AvgIpc) is 2.47. The first-order valence-electron chi connectivity index (χ1n) is 5.74. The molecule has 19 heavy (non-hydrogen) atoms. The van der Waals surface area contributed by atoms with Crippen LogP contribution in [0.4, 0.5) is 5.69 Å². The lowest BCUT2D eigenvalue weighted by atomic mass is 10.2. The number of pyridine rings is 2. The number of anilines is 1. The molecule has 2 heterocycles. The van der Waals surface area contributed by atoms with Gasteiger partial charge in [-0.25, -0.2) is 0 Å². The third-order valence-electron chi connectivity index (χ3n) is 2.70. The number of hydrogen-bond acceptors (Lipinski definition) is 5. The van der Waals surface area contributed by atoms with Crippen LogP contribution in [0.3, 0.4) is 0 Å². The van der Waals surface area contributed by atoms with Crippen molar-refractivity contribution in [1.82, 2.24) is 9.97 Å². The van der Waals surface area contributed by atoms with Crippen molar-refractivity contribution in [2.24, 2.45) is 10.9 Å². The third-order valence-corrected chi connectivity index (χ3v) is 2.70. The summed E-state index contributed by atoms with van der Waals surface area (Å²) in [6.07, 6.45) is 5.26. The number of oxime groups is 1. The topological polar surface area (TPSA) is 87.6 Å². The van der Waals surface area contributed by atoms with Crippen molar-refractivity contribution in [3.8, 4) is 0 Å². The van der Waals surface area contributed by atoms with Crippen LogP contribution in [0.5, 0.6) is 0 Å². The zero-order chi connectivity index (χ0) is 13.7. The highest BCUT2D eigenvalue weighted by atomic mass is 16.4. The summed E-state index contributed by atoms with van der Waals surface area (Å²) >= 11 is 0. The Kier molecular flexibility index (Phi) is 3.92. The van der Waals surface area contributed by atoms with Gasteiger partial charge in [0.25, 0.3) is 0 Å². The molecule has 0 aliphatic heterocycles. The van der Waals surface area contributed by atoms with E-state index in [9.17, 15) is 0 Å². The van der Waals surface area contributed by atoms with Gasteiger partial charge >= 0.3 is 0 Å². The molecule has 0 aliphatic rings. The van der Waals surface area contributed by atoms with Gasteiger partial charge in [-0.1, -0.05) is 11.2 Å². The fourth-order valence-electron chi connectivity index (χ4n) is 1.67. The van der Waals surface area contributed by atoms with Crippen LogP contribution in [0.2, 0.25) is 0 Å². The molecular formula is C13H15N5O. The van der Waals surface area contributed by atoms with E-state index in [-0.39, 0.29) is 5.84 Å². The molecule has 0 bridgehead atoms. The molecule has 0 aromatic carbocycles. The number of aromatic nitrogens is 2. The maximum atomic E-state index is 8.57. The van der Waals surface area contributed by atoms with E-state index < -0.39 is 0 Å². The van der Waals surface area contributed by atoms with Crippen LogP contribution in [-0.4, -0.2) is 28.1 Å². The Morgan fingerprint density at radius 2 is 2.21 bits per heavy atom. The van der Waals surface area contributed by atoms with Gasteiger partial charge in [0.05, 0.1) is 11.9 Å². The van der Waals surface area contributed by atoms with E-state index in [1.54, 1.807) is 18.5 Å². The van der Waals surface area contributed by atoms with E-state index in [0.29, 0.717) is 5.69 Å². The minimum atomic E-state index is 0.00135. The van der Waals surface area contributed by atoms with Gasteiger partial charge in [0, 0.05) is 26.0 Å². The Labute approximate surface area is 111 Å². The van der Waals surface area contributed by atoms with Crippen molar-refractivity contribution in [3.63, 3.8) is 0 Å². The summed E-state index contributed by atoms with van der Waals surface area (Å²) in [6.45, 7) is 0.735. The Bertz CT molecular complexity index is 553. The van der Waals surface area contributed by atoms with E-state index >= 15 is 0 Å². The fraction of sp³-hybridized carbons (Fsp3) is 0.154. The largest absolute Gasteiger partial charge is 0.409 e. The molecule has 0 saturated heterocycles. The Morgan fingerprint density at radius 1 is 1.37 bits per heavy atom. The second-order valence-corrected chi connectivity index (χ2v) is 4.10. The molecule has 0 atom stereocenters. The summed E-state index contributed by atoms with van der Waals surface area (Å²) in [4.78, 5) is 10.3. The number of hydrogen-bond donors (Lipinski definition) is 2. The predicted octanol–water partition coefficient (Wildman–Crippen LogP) is 1.21. The molecule has 0 fully saturated rings. The van der Waals surface area contributed by atoms with Gasteiger partial charge in [0.1, 0.15) is 5.69 Å². The summed E-state index contributed by atoms with van der Waals surface area (Å²) in [7, 11) is 1.97. The van der Waals surface area contributed by atoms with Gasteiger partial charge in [-0.05, 0) is 23.8 Å². The number of nitrogens with two attached hydrogens (primary N) is 1. The molecule has 0 radical (unpaired) electrons. The van der Waals surface area contributed by atoms with Crippen molar-refractivity contribution in [1.29, 1.82) is 0 Å². The lowest BCUT2D eigenvalue weighted by Gasteiger charge is -2.18. The summed E-state index contributed by atoms with van der Waals surface area (Å²) < 4.78 is 0. The molecule has 6 heteroatoms. The van der Waals surface area contributed by atoms with Crippen LogP contribution in [0, 0.1) is 0 Å². The molecule has 0 amide bonds. The molecule has 98 valence electrons. The Balaban J connectivity index is 2.10. The molecule has 0 spiro atoms. The molecule has 0 unspecified atom stereocenters. The monoisotopic (exact) mass is 257 g/mol. The van der Waals surface area contributed by atoms with Crippen LogP contribution < -0.4 is 10.6 Å². The van der Waals surface area contributed by atoms with Crippen molar-refractivity contribution < 1.29 is 5.21 Å². The predicted molar refractivity (Wildman–Crippen MR) is 73.1 cm³/mol. The quantitative estimate of drug-likeness (QED) is 0.372.